The van der Waals surface area contributed by atoms with E-state index in [4.69, 9.17) is 9.05 Å². The molecule has 0 saturated heterocycles. The molecule has 0 spiro atoms. The molecule has 0 saturated carbocycles. The minimum Gasteiger partial charge on any atom is -0.435 e. The molecule has 2 aliphatic carbocycles. The standard InChI is InChI=1S/C30H34NO2P/c1-3-31(21(2)22-11-5-4-6-12-22)34-32-27-19-17-23-13-7-9-15-25(23)29(27)30-26-16-10-8-14-24(26)18-20-28(30)33-34/h4-7,9,11-13,15,18,20-21,27,29H,3,8,10,14,16-17,19H2,1-2H3/t21-,27+,29-,34?/m1/s1. The van der Waals surface area contributed by atoms with Crippen molar-refractivity contribution in [1.82, 2.24) is 4.67 Å². The summed E-state index contributed by atoms with van der Waals surface area (Å²) in [6, 6.07) is 24.6. The van der Waals surface area contributed by atoms with Gasteiger partial charge in [0.05, 0.1) is 6.10 Å². The zero-order valence-electron chi connectivity index (χ0n) is 20.2. The second-order valence-electron chi connectivity index (χ2n) is 9.85. The quantitative estimate of drug-likeness (QED) is 0.363. The van der Waals surface area contributed by atoms with Crippen LogP contribution in [-0.2, 0) is 23.8 Å². The van der Waals surface area contributed by atoms with E-state index in [0.717, 1.165) is 31.6 Å². The maximum Gasteiger partial charge on any atom is 0.321 e. The van der Waals surface area contributed by atoms with E-state index < -0.39 is 8.53 Å². The third-order valence-electron chi connectivity index (χ3n) is 7.97. The number of hydrogen-bond acceptors (Lipinski definition) is 3. The fourth-order valence-corrected chi connectivity index (χ4v) is 7.91. The van der Waals surface area contributed by atoms with Gasteiger partial charge in [0.2, 0.25) is 0 Å². The summed E-state index contributed by atoms with van der Waals surface area (Å²) in [5, 5.41) is 0. The summed E-state index contributed by atoms with van der Waals surface area (Å²) < 4.78 is 16.3. The molecule has 1 unspecified atom stereocenters. The second kappa shape index (κ2) is 9.46. The zero-order chi connectivity index (χ0) is 23.1. The molecular formula is C30H34NO2P. The number of hydrogen-bond donors (Lipinski definition) is 0. The Hall–Kier alpha value is -2.19. The number of benzene rings is 3. The minimum absolute atomic E-state index is 0.146. The highest BCUT2D eigenvalue weighted by Crippen LogP contribution is 2.58. The highest BCUT2D eigenvalue weighted by Gasteiger charge is 2.43. The molecule has 3 aromatic carbocycles. The van der Waals surface area contributed by atoms with Crippen molar-refractivity contribution in [2.75, 3.05) is 6.54 Å². The highest BCUT2D eigenvalue weighted by atomic mass is 31.2. The summed E-state index contributed by atoms with van der Waals surface area (Å²) in [6.07, 6.45) is 7.16. The molecule has 3 aliphatic rings. The van der Waals surface area contributed by atoms with E-state index in [0.29, 0.717) is 0 Å². The lowest BCUT2D eigenvalue weighted by Crippen LogP contribution is -2.30. The number of nitrogens with zero attached hydrogens (tertiary/aromatic N) is 1. The van der Waals surface area contributed by atoms with Gasteiger partial charge in [0.25, 0.3) is 0 Å². The van der Waals surface area contributed by atoms with Crippen molar-refractivity contribution in [2.45, 2.75) is 70.4 Å². The van der Waals surface area contributed by atoms with E-state index in [1.165, 1.54) is 52.6 Å². The monoisotopic (exact) mass is 471 g/mol. The lowest BCUT2D eigenvalue weighted by molar-refractivity contribution is 0.150. The van der Waals surface area contributed by atoms with Crippen LogP contribution in [0.2, 0.25) is 0 Å². The molecule has 1 heterocycles. The highest BCUT2D eigenvalue weighted by molar-refractivity contribution is 7.45. The van der Waals surface area contributed by atoms with Gasteiger partial charge in [-0.1, -0.05) is 67.6 Å². The molecule has 0 N–H and O–H groups in total. The van der Waals surface area contributed by atoms with Crippen LogP contribution in [0.25, 0.3) is 0 Å². The van der Waals surface area contributed by atoms with E-state index in [2.05, 4.69) is 85.2 Å². The minimum atomic E-state index is -1.22. The topological polar surface area (TPSA) is 21.7 Å². The van der Waals surface area contributed by atoms with Crippen molar-refractivity contribution in [1.29, 1.82) is 0 Å². The molecule has 0 bridgehead atoms. The fraction of sp³-hybridized carbons (Fsp3) is 0.400. The summed E-state index contributed by atoms with van der Waals surface area (Å²) in [5.41, 5.74) is 8.70. The molecule has 6 rings (SSSR count). The summed E-state index contributed by atoms with van der Waals surface area (Å²) in [6.45, 7) is 5.39. The predicted octanol–water partition coefficient (Wildman–Crippen LogP) is 7.73. The van der Waals surface area contributed by atoms with Gasteiger partial charge in [0.15, 0.2) is 0 Å². The van der Waals surface area contributed by atoms with E-state index in [-0.39, 0.29) is 18.1 Å². The Morgan fingerprint density at radius 3 is 2.56 bits per heavy atom. The molecule has 4 atom stereocenters. The van der Waals surface area contributed by atoms with Crippen LogP contribution in [-0.4, -0.2) is 17.3 Å². The average Bonchev–Trinajstić information content (AvgIpc) is 3.06. The molecular weight excluding hydrogens is 437 g/mol. The van der Waals surface area contributed by atoms with Gasteiger partial charge in [0, 0.05) is 24.1 Å². The maximum absolute atomic E-state index is 7.01. The summed E-state index contributed by atoms with van der Waals surface area (Å²) in [4.78, 5) is 0. The predicted molar refractivity (Wildman–Crippen MR) is 139 cm³/mol. The zero-order valence-corrected chi connectivity index (χ0v) is 21.1. The van der Waals surface area contributed by atoms with Crippen LogP contribution in [0.4, 0.5) is 0 Å². The van der Waals surface area contributed by atoms with Gasteiger partial charge in [-0.25, -0.2) is 4.67 Å². The lowest BCUT2D eigenvalue weighted by atomic mass is 9.73. The first-order valence-electron chi connectivity index (χ1n) is 12.9. The summed E-state index contributed by atoms with van der Waals surface area (Å²) in [7, 11) is -1.22. The molecule has 34 heavy (non-hydrogen) atoms. The Morgan fingerprint density at radius 2 is 1.71 bits per heavy atom. The van der Waals surface area contributed by atoms with Crippen molar-refractivity contribution in [3.05, 3.63) is 100 Å². The lowest BCUT2D eigenvalue weighted by Gasteiger charge is -2.36. The first-order valence-corrected chi connectivity index (χ1v) is 14.1. The van der Waals surface area contributed by atoms with Crippen molar-refractivity contribution in [3.63, 3.8) is 0 Å². The van der Waals surface area contributed by atoms with Crippen LogP contribution in [0.15, 0.2) is 66.7 Å². The molecule has 1 aliphatic heterocycles. The first kappa shape index (κ1) is 22.3. The van der Waals surface area contributed by atoms with Crippen molar-refractivity contribution in [3.8, 4) is 5.75 Å². The normalized spacial score (nSPS) is 24.1. The van der Waals surface area contributed by atoms with Crippen molar-refractivity contribution >= 4 is 8.53 Å². The van der Waals surface area contributed by atoms with Crippen molar-refractivity contribution in [2.24, 2.45) is 0 Å². The molecule has 0 aromatic heterocycles. The van der Waals surface area contributed by atoms with Crippen molar-refractivity contribution < 1.29 is 9.05 Å². The largest absolute Gasteiger partial charge is 0.435 e. The number of fused-ring (bicyclic) bond motifs is 7. The Morgan fingerprint density at radius 1 is 0.912 bits per heavy atom. The Bertz CT molecular complexity index is 1160. The number of rotatable bonds is 4. The van der Waals surface area contributed by atoms with E-state index in [1.54, 1.807) is 0 Å². The van der Waals surface area contributed by atoms with Gasteiger partial charge >= 0.3 is 8.53 Å². The van der Waals surface area contributed by atoms with Gasteiger partial charge < -0.3 is 9.05 Å². The van der Waals surface area contributed by atoms with Crippen LogP contribution in [0, 0.1) is 0 Å². The molecule has 0 fully saturated rings. The van der Waals surface area contributed by atoms with E-state index >= 15 is 0 Å². The number of aryl methyl sites for hydroxylation is 2. The molecule has 0 radical (unpaired) electrons. The average molecular weight is 472 g/mol. The molecule has 3 nitrogen and oxygen atoms in total. The third kappa shape index (κ3) is 3.88. The second-order valence-corrected chi connectivity index (χ2v) is 11.2. The van der Waals surface area contributed by atoms with Gasteiger partial charge in [-0.15, -0.1) is 0 Å². The van der Waals surface area contributed by atoms with Gasteiger partial charge in [-0.2, -0.15) is 0 Å². The fourth-order valence-electron chi connectivity index (χ4n) is 6.21. The Balaban J connectivity index is 1.46. The van der Waals surface area contributed by atoms with Gasteiger partial charge in [-0.05, 0) is 79.3 Å². The van der Waals surface area contributed by atoms with Crippen LogP contribution in [0.1, 0.15) is 78.5 Å². The Labute approximate surface area is 205 Å². The first-order chi connectivity index (χ1) is 16.7. The van der Waals surface area contributed by atoms with Crippen LogP contribution >= 0.6 is 8.53 Å². The smallest absolute Gasteiger partial charge is 0.321 e. The third-order valence-corrected chi connectivity index (χ3v) is 9.83. The maximum atomic E-state index is 7.01. The van der Waals surface area contributed by atoms with Gasteiger partial charge in [0.1, 0.15) is 5.75 Å². The molecule has 3 aromatic rings. The molecule has 0 amide bonds. The molecule has 4 heteroatoms. The SMILES string of the molecule is CCN([C@H](C)c1ccccc1)P1Oc2ccc3c(c2[C@@H]2c4ccccc4CC[C@@H]2O1)CCCC3. The van der Waals surface area contributed by atoms with E-state index in [9.17, 15) is 0 Å². The van der Waals surface area contributed by atoms with Crippen LogP contribution < -0.4 is 4.52 Å². The summed E-state index contributed by atoms with van der Waals surface area (Å²) >= 11 is 0. The van der Waals surface area contributed by atoms with Crippen LogP contribution in [0.3, 0.4) is 0 Å². The van der Waals surface area contributed by atoms with Crippen LogP contribution in [0.5, 0.6) is 5.75 Å². The Kier molecular flexibility index (Phi) is 6.20. The molecule has 176 valence electrons. The van der Waals surface area contributed by atoms with Gasteiger partial charge in [-0.3, -0.25) is 0 Å². The summed E-state index contributed by atoms with van der Waals surface area (Å²) in [5.74, 6) is 1.31. The van der Waals surface area contributed by atoms with E-state index in [1.807, 2.05) is 0 Å².